The maximum atomic E-state index is 9.08. The molecule has 0 aliphatic heterocycles. The fourth-order valence-corrected chi connectivity index (χ4v) is 2.07. The molecule has 94 valence electrons. The zero-order chi connectivity index (χ0) is 13.1. The summed E-state index contributed by atoms with van der Waals surface area (Å²) in [6.45, 7) is 4.04. The third-order valence-electron chi connectivity index (χ3n) is 2.79. The zero-order valence-corrected chi connectivity index (χ0v) is 12.0. The molecule has 18 heavy (non-hydrogen) atoms. The first-order chi connectivity index (χ1) is 8.60. The van der Waals surface area contributed by atoms with Gasteiger partial charge in [0.25, 0.3) is 0 Å². The molecule has 0 atom stereocenters. The van der Waals surface area contributed by atoms with Crippen molar-refractivity contribution in [1.82, 2.24) is 0 Å². The molecule has 0 saturated heterocycles. The number of hydrogen-bond donors (Lipinski definition) is 1. The van der Waals surface area contributed by atoms with Crippen LogP contribution in [-0.4, -0.2) is 5.11 Å². The number of benzene rings is 2. The lowest BCUT2D eigenvalue weighted by molar-refractivity contribution is 0.281. The molecule has 2 nitrogen and oxygen atoms in total. The fraction of sp³-hybridized carbons (Fsp3) is 0.200. The molecule has 0 unspecified atom stereocenters. The number of halogens is 1. The summed E-state index contributed by atoms with van der Waals surface area (Å²) < 4.78 is 6.90. The summed E-state index contributed by atoms with van der Waals surface area (Å²) in [4.78, 5) is 0. The minimum Gasteiger partial charge on any atom is -0.457 e. The second-order valence-corrected chi connectivity index (χ2v) is 5.19. The summed E-state index contributed by atoms with van der Waals surface area (Å²) in [7, 11) is 0. The Balaban J connectivity index is 2.31. The molecule has 2 rings (SSSR count). The molecule has 0 fully saturated rings. The molecule has 0 bridgehead atoms. The lowest BCUT2D eigenvalue weighted by Crippen LogP contribution is -1.92. The number of rotatable bonds is 3. The van der Waals surface area contributed by atoms with Crippen molar-refractivity contribution in [2.24, 2.45) is 0 Å². The standard InChI is InChI=1S/C15H15BrO2/c1-10-3-5-13(16)8-15(10)18-14-6-4-12(9-17)7-11(14)2/h3-8,17H,9H2,1-2H3. The maximum Gasteiger partial charge on any atom is 0.131 e. The minimum atomic E-state index is 0.0526. The van der Waals surface area contributed by atoms with Crippen LogP contribution in [0.5, 0.6) is 11.5 Å². The van der Waals surface area contributed by atoms with E-state index < -0.39 is 0 Å². The van der Waals surface area contributed by atoms with Crippen molar-refractivity contribution in [2.45, 2.75) is 20.5 Å². The highest BCUT2D eigenvalue weighted by Crippen LogP contribution is 2.30. The number of aryl methyl sites for hydroxylation is 2. The van der Waals surface area contributed by atoms with Crippen molar-refractivity contribution in [2.75, 3.05) is 0 Å². The molecule has 2 aromatic carbocycles. The van der Waals surface area contributed by atoms with Gasteiger partial charge in [0.2, 0.25) is 0 Å². The third kappa shape index (κ3) is 2.92. The fourth-order valence-electron chi connectivity index (χ4n) is 1.73. The molecule has 0 aliphatic rings. The molecule has 0 aromatic heterocycles. The number of aliphatic hydroxyl groups is 1. The maximum absolute atomic E-state index is 9.08. The highest BCUT2D eigenvalue weighted by molar-refractivity contribution is 9.10. The van der Waals surface area contributed by atoms with Crippen LogP contribution in [0.25, 0.3) is 0 Å². The van der Waals surface area contributed by atoms with Gasteiger partial charge in [-0.3, -0.25) is 0 Å². The quantitative estimate of drug-likeness (QED) is 0.913. The zero-order valence-electron chi connectivity index (χ0n) is 10.4. The second-order valence-electron chi connectivity index (χ2n) is 4.27. The first-order valence-corrected chi connectivity index (χ1v) is 6.54. The van der Waals surface area contributed by atoms with Crippen LogP contribution in [0.1, 0.15) is 16.7 Å². The van der Waals surface area contributed by atoms with E-state index >= 15 is 0 Å². The van der Waals surface area contributed by atoms with Gasteiger partial charge >= 0.3 is 0 Å². The van der Waals surface area contributed by atoms with E-state index in [4.69, 9.17) is 9.84 Å². The van der Waals surface area contributed by atoms with Crippen molar-refractivity contribution in [3.8, 4) is 11.5 Å². The molecule has 2 aromatic rings. The summed E-state index contributed by atoms with van der Waals surface area (Å²) >= 11 is 3.44. The van der Waals surface area contributed by atoms with Gasteiger partial charge in [-0.2, -0.15) is 0 Å². The molecule has 0 radical (unpaired) electrons. The summed E-state index contributed by atoms with van der Waals surface area (Å²) in [5.74, 6) is 1.65. The van der Waals surface area contributed by atoms with Crippen molar-refractivity contribution < 1.29 is 9.84 Å². The molecule has 0 spiro atoms. The molecule has 0 amide bonds. The first-order valence-electron chi connectivity index (χ1n) is 5.74. The molecular formula is C15H15BrO2. The van der Waals surface area contributed by atoms with E-state index in [-0.39, 0.29) is 6.61 Å². The average molecular weight is 307 g/mol. The summed E-state index contributed by atoms with van der Waals surface area (Å²) in [6.07, 6.45) is 0. The smallest absolute Gasteiger partial charge is 0.131 e. The monoisotopic (exact) mass is 306 g/mol. The Labute approximate surface area is 115 Å². The van der Waals surface area contributed by atoms with E-state index in [0.717, 1.165) is 32.7 Å². The van der Waals surface area contributed by atoms with Gasteiger partial charge in [-0.1, -0.05) is 34.1 Å². The van der Waals surface area contributed by atoms with E-state index in [0.29, 0.717) is 0 Å². The Hall–Kier alpha value is -1.32. The van der Waals surface area contributed by atoms with E-state index in [1.165, 1.54) is 0 Å². The Bertz CT molecular complexity index is 564. The minimum absolute atomic E-state index is 0.0526. The van der Waals surface area contributed by atoms with Crippen LogP contribution in [0.15, 0.2) is 40.9 Å². The number of hydrogen-bond acceptors (Lipinski definition) is 2. The Morgan fingerprint density at radius 2 is 1.78 bits per heavy atom. The van der Waals surface area contributed by atoms with E-state index in [1.54, 1.807) is 0 Å². The van der Waals surface area contributed by atoms with E-state index in [9.17, 15) is 0 Å². The van der Waals surface area contributed by atoms with Crippen molar-refractivity contribution in [3.05, 3.63) is 57.6 Å². The van der Waals surface area contributed by atoms with Gasteiger partial charge in [0.05, 0.1) is 6.61 Å². The molecule has 0 aliphatic carbocycles. The second kappa shape index (κ2) is 5.55. The predicted molar refractivity (Wildman–Crippen MR) is 76.1 cm³/mol. The van der Waals surface area contributed by atoms with Crippen molar-refractivity contribution >= 4 is 15.9 Å². The number of ether oxygens (including phenoxy) is 1. The van der Waals surface area contributed by atoms with Crippen LogP contribution in [-0.2, 0) is 6.61 Å². The molecule has 1 N–H and O–H groups in total. The average Bonchev–Trinajstić information content (AvgIpc) is 2.36. The SMILES string of the molecule is Cc1cc(CO)ccc1Oc1cc(Br)ccc1C. The Morgan fingerprint density at radius 3 is 2.44 bits per heavy atom. The lowest BCUT2D eigenvalue weighted by atomic mass is 10.1. The number of aliphatic hydroxyl groups excluding tert-OH is 1. The predicted octanol–water partition coefficient (Wildman–Crippen LogP) is 4.35. The Morgan fingerprint density at radius 1 is 1.00 bits per heavy atom. The molecule has 0 heterocycles. The summed E-state index contributed by atoms with van der Waals surface area (Å²) in [5, 5.41) is 9.08. The molecular weight excluding hydrogens is 292 g/mol. The van der Waals surface area contributed by atoms with Gasteiger partial charge in [-0.15, -0.1) is 0 Å². The molecule has 3 heteroatoms. The van der Waals surface area contributed by atoms with Gasteiger partial charge in [0, 0.05) is 4.47 Å². The summed E-state index contributed by atoms with van der Waals surface area (Å²) in [6, 6.07) is 11.6. The highest BCUT2D eigenvalue weighted by Gasteiger charge is 2.05. The van der Waals surface area contributed by atoms with Crippen molar-refractivity contribution in [1.29, 1.82) is 0 Å². The first kappa shape index (κ1) is 13.1. The summed E-state index contributed by atoms with van der Waals surface area (Å²) in [5.41, 5.74) is 3.00. The van der Waals surface area contributed by atoms with Crippen LogP contribution in [0.3, 0.4) is 0 Å². The van der Waals surface area contributed by atoms with E-state index in [1.807, 2.05) is 50.2 Å². The van der Waals surface area contributed by atoms with Crippen LogP contribution in [0.4, 0.5) is 0 Å². The topological polar surface area (TPSA) is 29.5 Å². The van der Waals surface area contributed by atoms with E-state index in [2.05, 4.69) is 15.9 Å². The highest BCUT2D eigenvalue weighted by atomic mass is 79.9. The third-order valence-corrected chi connectivity index (χ3v) is 3.29. The van der Waals surface area contributed by atoms with Crippen LogP contribution in [0, 0.1) is 13.8 Å². The Kier molecular flexibility index (Phi) is 4.04. The van der Waals surface area contributed by atoms with Gasteiger partial charge in [-0.25, -0.2) is 0 Å². The largest absolute Gasteiger partial charge is 0.457 e. The lowest BCUT2D eigenvalue weighted by Gasteiger charge is -2.12. The molecule has 0 saturated carbocycles. The van der Waals surface area contributed by atoms with Gasteiger partial charge in [-0.05, 0) is 48.7 Å². The van der Waals surface area contributed by atoms with Crippen LogP contribution < -0.4 is 4.74 Å². The van der Waals surface area contributed by atoms with Crippen molar-refractivity contribution in [3.63, 3.8) is 0 Å². The van der Waals surface area contributed by atoms with Gasteiger partial charge in [0.15, 0.2) is 0 Å². The van der Waals surface area contributed by atoms with Crippen LogP contribution in [0.2, 0.25) is 0 Å². The van der Waals surface area contributed by atoms with Crippen LogP contribution >= 0.6 is 15.9 Å². The van der Waals surface area contributed by atoms with Gasteiger partial charge < -0.3 is 9.84 Å². The normalized spacial score (nSPS) is 10.4. The van der Waals surface area contributed by atoms with Gasteiger partial charge in [0.1, 0.15) is 11.5 Å².